The summed E-state index contributed by atoms with van der Waals surface area (Å²) in [6.07, 6.45) is 7.41. The highest BCUT2D eigenvalue weighted by Crippen LogP contribution is 2.35. The third kappa shape index (κ3) is 10.6. The third-order valence-electron chi connectivity index (χ3n) is 13.7. The normalized spacial score (nSPS) is 24.4. The molecule has 350 valence electrons. The lowest BCUT2D eigenvalue weighted by Gasteiger charge is -2.39. The molecule has 1 aliphatic carbocycles. The molecule has 4 aliphatic rings. The molecule has 19 nitrogen and oxygen atoms in total. The zero-order chi connectivity index (χ0) is 46.7. The van der Waals surface area contributed by atoms with E-state index in [-0.39, 0.29) is 73.1 Å². The summed E-state index contributed by atoms with van der Waals surface area (Å²) >= 11 is 0. The molecule has 1 aromatic heterocycles. The number of aryl methyl sites for hydroxylation is 2. The van der Waals surface area contributed by atoms with Gasteiger partial charge in [0.05, 0.1) is 15.9 Å². The Bertz CT molecular complexity index is 2530. The van der Waals surface area contributed by atoms with Gasteiger partial charge in [-0.05, 0) is 112 Å². The van der Waals surface area contributed by atoms with Crippen molar-refractivity contribution in [2.45, 2.75) is 125 Å². The van der Waals surface area contributed by atoms with Crippen LogP contribution < -0.4 is 33.1 Å². The first-order chi connectivity index (χ1) is 30.9. The van der Waals surface area contributed by atoms with Crippen LogP contribution in [0, 0.1) is 11.8 Å². The summed E-state index contributed by atoms with van der Waals surface area (Å²) in [7, 11) is -1.72. The summed E-state index contributed by atoms with van der Waals surface area (Å²) in [6.45, 7) is 0.421. The van der Waals surface area contributed by atoms with Crippen LogP contribution in [0.5, 0.6) is 0 Å². The maximum absolute atomic E-state index is 14.0. The van der Waals surface area contributed by atoms with Gasteiger partial charge in [0, 0.05) is 57.7 Å². The van der Waals surface area contributed by atoms with Crippen LogP contribution in [0.15, 0.2) is 52.2 Å². The summed E-state index contributed by atoms with van der Waals surface area (Å²) in [5.41, 5.74) is 14.6. The summed E-state index contributed by atoms with van der Waals surface area (Å²) in [6, 6.07) is 7.62. The first-order valence-corrected chi connectivity index (χ1v) is 24.3. The maximum Gasteiger partial charge on any atom is 0.329 e. The Morgan fingerprint density at radius 3 is 2.28 bits per heavy atom. The van der Waals surface area contributed by atoms with Crippen molar-refractivity contribution in [1.29, 1.82) is 0 Å². The third-order valence-corrected chi connectivity index (χ3v) is 14.8. The molecule has 65 heavy (non-hydrogen) atoms. The van der Waals surface area contributed by atoms with E-state index in [0.717, 1.165) is 43.0 Å². The number of hydrogen-bond donors (Lipinski definition) is 5. The fourth-order valence-corrected chi connectivity index (χ4v) is 10.6. The monoisotopic (exact) mass is 917 g/mol. The van der Waals surface area contributed by atoms with E-state index in [0.29, 0.717) is 55.6 Å². The molecule has 3 aromatic rings. The highest BCUT2D eigenvalue weighted by Gasteiger charge is 2.45. The highest BCUT2D eigenvalue weighted by atomic mass is 32.2. The lowest BCUT2D eigenvalue weighted by Crippen LogP contribution is -2.60. The second-order valence-electron chi connectivity index (χ2n) is 18.1. The number of nitrogens with two attached hydrogens (primary N) is 2. The van der Waals surface area contributed by atoms with Gasteiger partial charge in [0.1, 0.15) is 24.2 Å². The van der Waals surface area contributed by atoms with E-state index in [4.69, 9.17) is 11.5 Å². The first-order valence-electron chi connectivity index (χ1n) is 22.4. The van der Waals surface area contributed by atoms with Gasteiger partial charge in [0.2, 0.25) is 41.4 Å². The molecule has 7 rings (SSSR count). The number of sulfone groups is 1. The summed E-state index contributed by atoms with van der Waals surface area (Å²) in [5.74, 6) is -2.86. The number of benzene rings is 2. The van der Waals surface area contributed by atoms with E-state index in [1.54, 1.807) is 24.1 Å². The number of primary amides is 1. The van der Waals surface area contributed by atoms with Crippen LogP contribution in [-0.2, 0) is 63.4 Å². The van der Waals surface area contributed by atoms with Crippen LogP contribution in [0.1, 0.15) is 94.2 Å². The highest BCUT2D eigenvalue weighted by molar-refractivity contribution is 7.90. The summed E-state index contributed by atoms with van der Waals surface area (Å²) in [5, 5.41) is 7.79. The molecule has 0 spiro atoms. The van der Waals surface area contributed by atoms with Crippen molar-refractivity contribution in [2.75, 3.05) is 19.3 Å². The van der Waals surface area contributed by atoms with Crippen LogP contribution >= 0.6 is 0 Å². The van der Waals surface area contributed by atoms with E-state index >= 15 is 0 Å². The van der Waals surface area contributed by atoms with Gasteiger partial charge >= 0.3 is 5.69 Å². The number of amides is 7. The van der Waals surface area contributed by atoms with Crippen molar-refractivity contribution in [3.05, 3.63) is 64.1 Å². The number of imidazole rings is 1. The van der Waals surface area contributed by atoms with Gasteiger partial charge in [-0.15, -0.1) is 0 Å². The van der Waals surface area contributed by atoms with Crippen molar-refractivity contribution < 1.29 is 42.0 Å². The summed E-state index contributed by atoms with van der Waals surface area (Å²) in [4.78, 5) is 108. The number of carbonyl (C=O) groups excluding carboxylic acids is 7. The number of aromatic nitrogens is 2. The van der Waals surface area contributed by atoms with Crippen LogP contribution in [-0.4, -0.2) is 112 Å². The number of carbonyl (C=O) groups is 7. The minimum atomic E-state index is -3.40. The fraction of sp³-hybridized carbons (Fsp3) is 0.556. The second-order valence-corrected chi connectivity index (χ2v) is 20.1. The molecule has 5 atom stereocenters. The van der Waals surface area contributed by atoms with E-state index in [1.165, 1.54) is 26.2 Å². The van der Waals surface area contributed by atoms with Gasteiger partial charge in [-0.3, -0.25) is 48.0 Å². The fourth-order valence-electron chi connectivity index (χ4n) is 9.97. The molecular weight excluding hydrogens is 859 g/mol. The number of piperidine rings is 1. The van der Waals surface area contributed by atoms with Crippen molar-refractivity contribution in [3.63, 3.8) is 0 Å². The van der Waals surface area contributed by atoms with Crippen molar-refractivity contribution in [1.82, 2.24) is 34.9 Å². The molecule has 20 heteroatoms. The molecule has 1 saturated carbocycles. The molecule has 0 bridgehead atoms. The zero-order valence-corrected chi connectivity index (χ0v) is 37.6. The number of nitrogens with one attached hydrogen (secondary N) is 3. The molecule has 1 unspecified atom stereocenters. The van der Waals surface area contributed by atoms with Crippen molar-refractivity contribution in [3.8, 4) is 0 Å². The van der Waals surface area contributed by atoms with Gasteiger partial charge in [-0.25, -0.2) is 13.2 Å². The predicted molar refractivity (Wildman–Crippen MR) is 237 cm³/mol. The van der Waals surface area contributed by atoms with Crippen LogP contribution in [0.2, 0.25) is 0 Å². The first kappa shape index (κ1) is 47.1. The molecule has 3 saturated heterocycles. The van der Waals surface area contributed by atoms with Gasteiger partial charge < -0.3 is 31.9 Å². The molecule has 3 aliphatic heterocycles. The van der Waals surface area contributed by atoms with Crippen molar-refractivity contribution in [2.24, 2.45) is 30.4 Å². The smallest absolute Gasteiger partial charge is 0.329 e. The zero-order valence-electron chi connectivity index (χ0n) is 36.8. The Hall–Kier alpha value is -5.89. The van der Waals surface area contributed by atoms with Crippen LogP contribution in [0.25, 0.3) is 11.0 Å². The van der Waals surface area contributed by atoms with Gasteiger partial charge in [0.25, 0.3) is 0 Å². The summed E-state index contributed by atoms with van der Waals surface area (Å²) < 4.78 is 26.7. The van der Waals surface area contributed by atoms with E-state index in [9.17, 15) is 46.8 Å². The maximum atomic E-state index is 14.0. The number of nitrogens with zero attached hydrogens (tertiary/aromatic N) is 4. The Morgan fingerprint density at radius 1 is 0.892 bits per heavy atom. The second kappa shape index (κ2) is 19.7. The van der Waals surface area contributed by atoms with Gasteiger partial charge in [0.15, 0.2) is 9.84 Å². The van der Waals surface area contributed by atoms with Gasteiger partial charge in [-0.2, -0.15) is 0 Å². The van der Waals surface area contributed by atoms with Crippen molar-refractivity contribution >= 4 is 62.2 Å². The topological polar surface area (TPSA) is 275 Å². The minimum absolute atomic E-state index is 0.0141. The van der Waals surface area contributed by atoms with E-state index in [2.05, 4.69) is 16.0 Å². The number of hydrogen-bond acceptors (Lipinski definition) is 11. The molecule has 4 fully saturated rings. The predicted octanol–water partition coefficient (Wildman–Crippen LogP) is 0.446. The van der Waals surface area contributed by atoms with E-state index < -0.39 is 63.5 Å². The van der Waals surface area contributed by atoms with Crippen LogP contribution in [0.3, 0.4) is 0 Å². The number of fused-ring (bicyclic) bond motifs is 2. The average molecular weight is 918 g/mol. The molecular formula is C45H59N9O10S. The molecule has 2 aromatic carbocycles. The lowest BCUT2D eigenvalue weighted by molar-refractivity contribution is -0.146. The molecule has 7 amide bonds. The SMILES string of the molecule is Cn1c(=O)n(C2CCC(=O)NC2=O)c2ccc(CCC3CCC(C(=O)N4CC[C@H]5CC[C@@H](C(=O)N[C@@H](CCC(N)=O)C(=O)NCc6ccc(S(C)(=O)=O)cc6)N5C(=O)[C@@H](N)C4)CC3)cc21. The van der Waals surface area contributed by atoms with E-state index in [1.807, 2.05) is 18.2 Å². The quantitative estimate of drug-likeness (QED) is 0.139. The Kier molecular flexibility index (Phi) is 14.3. The molecule has 4 heterocycles. The van der Waals surface area contributed by atoms with Crippen LogP contribution in [0.4, 0.5) is 0 Å². The average Bonchev–Trinajstić information content (AvgIpc) is 3.80. The Balaban J connectivity index is 0.903. The minimum Gasteiger partial charge on any atom is -0.370 e. The number of imide groups is 1. The van der Waals surface area contributed by atoms with Gasteiger partial charge in [-0.1, -0.05) is 18.2 Å². The largest absolute Gasteiger partial charge is 0.370 e. The Labute approximate surface area is 376 Å². The Morgan fingerprint density at radius 2 is 1.60 bits per heavy atom. The molecule has 7 N–H and O–H groups in total. The number of rotatable bonds is 14. The molecule has 0 radical (unpaired) electrons. The standard InChI is InChI=1S/C45H59N9O10S/c1-51-37-23-27(9-16-34(37)54(45(51)62)36-18-20-39(56)50-42(36)59)4-3-26-5-10-29(11-6-26)43(60)52-22-21-30-12-17-35(53(30)44(61)32(46)25-52)41(58)49-33(15-19-38(47)55)40(57)48-24-28-7-13-31(14-8-28)65(2,63)64/h7-9,13-14,16,23,26,29-30,32-33,35-36H,3-6,10-12,15,17-22,24-25,46H2,1-2H3,(H2,47,55)(H,48,57)(H,49,58)(H,50,56,59)/t26?,29?,30-,32+,33+,35+,36?/m1/s1. The lowest BCUT2D eigenvalue weighted by atomic mass is 9.79.